The molecule has 0 radical (unpaired) electrons. The van der Waals surface area contributed by atoms with Gasteiger partial charge < -0.3 is 9.47 Å². The molecule has 16 heavy (non-hydrogen) atoms. The van der Waals surface area contributed by atoms with E-state index in [4.69, 9.17) is 21.1 Å². The summed E-state index contributed by atoms with van der Waals surface area (Å²) in [4.78, 5) is 8.40. The molecule has 0 aliphatic carbocycles. The van der Waals surface area contributed by atoms with Gasteiger partial charge in [0.2, 0.25) is 5.88 Å². The number of methoxy groups -OCH3 is 1. The molecule has 0 aliphatic heterocycles. The number of ether oxygens (including phenoxy) is 2. The van der Waals surface area contributed by atoms with E-state index < -0.39 is 0 Å². The lowest BCUT2D eigenvalue weighted by atomic mass is 10.2. The molecule has 1 heterocycles. The molecule has 0 saturated heterocycles. The van der Waals surface area contributed by atoms with Gasteiger partial charge in [0.25, 0.3) is 0 Å². The molecule has 0 bridgehead atoms. The van der Waals surface area contributed by atoms with Crippen molar-refractivity contribution in [2.24, 2.45) is 0 Å². The van der Waals surface area contributed by atoms with Gasteiger partial charge in [0, 0.05) is 32.1 Å². The minimum absolute atomic E-state index is 0.236. The van der Waals surface area contributed by atoms with Crippen molar-refractivity contribution in [1.82, 2.24) is 9.97 Å². The first kappa shape index (κ1) is 13.2. The average Bonchev–Trinajstić information content (AvgIpc) is 2.23. The zero-order chi connectivity index (χ0) is 12.0. The summed E-state index contributed by atoms with van der Waals surface area (Å²) in [6, 6.07) is 1.63. The zero-order valence-electron chi connectivity index (χ0n) is 9.86. The van der Waals surface area contributed by atoms with Crippen LogP contribution in [0.3, 0.4) is 0 Å². The van der Waals surface area contributed by atoms with Crippen molar-refractivity contribution in [2.75, 3.05) is 20.3 Å². The molecule has 5 heteroatoms. The lowest BCUT2D eigenvalue weighted by molar-refractivity contribution is 0.170. The van der Waals surface area contributed by atoms with E-state index in [1.165, 1.54) is 0 Å². The highest BCUT2D eigenvalue weighted by atomic mass is 35.5. The van der Waals surface area contributed by atoms with Crippen molar-refractivity contribution < 1.29 is 9.47 Å². The molecular weight excluding hydrogens is 228 g/mol. The van der Waals surface area contributed by atoms with Crippen molar-refractivity contribution in [3.05, 3.63) is 17.0 Å². The van der Waals surface area contributed by atoms with Crippen LogP contribution in [-0.4, -0.2) is 30.3 Å². The maximum Gasteiger partial charge on any atom is 0.218 e. The molecule has 1 aromatic heterocycles. The minimum Gasteiger partial charge on any atom is -0.477 e. The molecule has 0 spiro atoms. The summed E-state index contributed by atoms with van der Waals surface area (Å²) in [5.41, 5.74) is 0. The van der Waals surface area contributed by atoms with Gasteiger partial charge >= 0.3 is 0 Å². The van der Waals surface area contributed by atoms with Crippen molar-refractivity contribution >= 4 is 11.6 Å². The van der Waals surface area contributed by atoms with Gasteiger partial charge in [0.15, 0.2) is 0 Å². The Morgan fingerprint density at radius 3 is 2.69 bits per heavy atom. The Bertz CT molecular complexity index is 332. The second kappa shape index (κ2) is 6.66. The van der Waals surface area contributed by atoms with Gasteiger partial charge in [0.05, 0.1) is 6.61 Å². The monoisotopic (exact) mass is 244 g/mol. The molecule has 1 aromatic rings. The van der Waals surface area contributed by atoms with Gasteiger partial charge in [-0.1, -0.05) is 25.4 Å². The summed E-state index contributed by atoms with van der Waals surface area (Å²) >= 11 is 5.88. The van der Waals surface area contributed by atoms with Crippen LogP contribution in [0.2, 0.25) is 5.15 Å². The zero-order valence-corrected chi connectivity index (χ0v) is 10.6. The van der Waals surface area contributed by atoms with E-state index in [1.807, 2.05) is 13.8 Å². The molecule has 0 aromatic carbocycles. The topological polar surface area (TPSA) is 44.2 Å². The number of halogens is 1. The summed E-state index contributed by atoms with van der Waals surface area (Å²) in [5.74, 6) is 1.47. The average molecular weight is 245 g/mol. The van der Waals surface area contributed by atoms with Crippen LogP contribution < -0.4 is 4.74 Å². The molecular formula is C11H17ClN2O2. The molecule has 0 fully saturated rings. The van der Waals surface area contributed by atoms with E-state index in [2.05, 4.69) is 9.97 Å². The fourth-order valence-corrected chi connectivity index (χ4v) is 1.31. The van der Waals surface area contributed by atoms with Gasteiger partial charge in [-0.3, -0.25) is 0 Å². The highest BCUT2D eigenvalue weighted by Gasteiger charge is 2.07. The van der Waals surface area contributed by atoms with E-state index >= 15 is 0 Å². The van der Waals surface area contributed by atoms with Gasteiger partial charge in [-0.2, -0.15) is 4.98 Å². The third-order valence-corrected chi connectivity index (χ3v) is 2.14. The Morgan fingerprint density at radius 1 is 1.31 bits per heavy atom. The quantitative estimate of drug-likeness (QED) is 0.570. The van der Waals surface area contributed by atoms with Gasteiger partial charge in [-0.05, 0) is 0 Å². The summed E-state index contributed by atoms with van der Waals surface area (Å²) < 4.78 is 10.4. The largest absolute Gasteiger partial charge is 0.477 e. The van der Waals surface area contributed by atoms with Crippen LogP contribution in [-0.2, 0) is 4.74 Å². The third kappa shape index (κ3) is 4.33. The first-order chi connectivity index (χ1) is 7.63. The van der Waals surface area contributed by atoms with Crippen molar-refractivity contribution in [2.45, 2.75) is 26.2 Å². The van der Waals surface area contributed by atoms with Crippen LogP contribution in [0.25, 0.3) is 0 Å². The Kier molecular flexibility index (Phi) is 5.49. The van der Waals surface area contributed by atoms with Gasteiger partial charge in [-0.15, -0.1) is 0 Å². The summed E-state index contributed by atoms with van der Waals surface area (Å²) in [6.07, 6.45) is 0.829. The van der Waals surface area contributed by atoms with Gasteiger partial charge in [0.1, 0.15) is 11.0 Å². The van der Waals surface area contributed by atoms with Crippen molar-refractivity contribution in [3.63, 3.8) is 0 Å². The second-order valence-corrected chi connectivity index (χ2v) is 4.12. The highest BCUT2D eigenvalue weighted by molar-refractivity contribution is 6.29. The van der Waals surface area contributed by atoms with Crippen LogP contribution >= 0.6 is 11.6 Å². The Balaban J connectivity index is 2.58. The van der Waals surface area contributed by atoms with Crippen LogP contribution in [0.5, 0.6) is 5.88 Å². The third-order valence-electron chi connectivity index (χ3n) is 1.95. The maximum atomic E-state index is 5.88. The SMILES string of the molecule is COCCCOc1cc(Cl)nc(C(C)C)n1. The lowest BCUT2D eigenvalue weighted by Gasteiger charge is -2.08. The second-order valence-electron chi connectivity index (χ2n) is 3.74. The Morgan fingerprint density at radius 2 is 2.06 bits per heavy atom. The number of rotatable bonds is 6. The smallest absolute Gasteiger partial charge is 0.218 e. The number of hydrogen-bond donors (Lipinski definition) is 0. The van der Waals surface area contributed by atoms with Crippen molar-refractivity contribution in [1.29, 1.82) is 0 Å². The normalized spacial score (nSPS) is 10.8. The Labute approximate surface area is 101 Å². The predicted octanol–water partition coefficient (Wildman–Crippen LogP) is 2.67. The summed E-state index contributed by atoms with van der Waals surface area (Å²) in [5, 5.41) is 0.417. The van der Waals surface area contributed by atoms with E-state index in [1.54, 1.807) is 13.2 Å². The van der Waals surface area contributed by atoms with Crippen LogP contribution in [0.1, 0.15) is 32.0 Å². The summed E-state index contributed by atoms with van der Waals surface area (Å²) in [7, 11) is 1.67. The van der Waals surface area contributed by atoms with Crippen LogP contribution in [0, 0.1) is 0 Å². The van der Waals surface area contributed by atoms with Crippen LogP contribution in [0.4, 0.5) is 0 Å². The highest BCUT2D eigenvalue weighted by Crippen LogP contribution is 2.18. The molecule has 0 saturated carbocycles. The molecule has 0 atom stereocenters. The van der Waals surface area contributed by atoms with Crippen LogP contribution in [0.15, 0.2) is 6.07 Å². The number of nitrogens with zero attached hydrogens (tertiary/aromatic N) is 2. The molecule has 0 amide bonds. The molecule has 1 rings (SSSR count). The van der Waals surface area contributed by atoms with E-state index in [-0.39, 0.29) is 5.92 Å². The molecule has 90 valence electrons. The molecule has 0 unspecified atom stereocenters. The fraction of sp³-hybridized carbons (Fsp3) is 0.636. The predicted molar refractivity (Wildman–Crippen MR) is 63.1 cm³/mol. The first-order valence-electron chi connectivity index (χ1n) is 5.29. The Hall–Kier alpha value is -0.870. The molecule has 0 N–H and O–H groups in total. The van der Waals surface area contributed by atoms with E-state index in [0.717, 1.165) is 6.42 Å². The summed E-state index contributed by atoms with van der Waals surface area (Å²) in [6.45, 7) is 5.27. The van der Waals surface area contributed by atoms with E-state index in [0.29, 0.717) is 30.1 Å². The molecule has 0 aliphatic rings. The lowest BCUT2D eigenvalue weighted by Crippen LogP contribution is -2.05. The van der Waals surface area contributed by atoms with Gasteiger partial charge in [-0.25, -0.2) is 4.98 Å². The molecule has 4 nitrogen and oxygen atoms in total. The first-order valence-corrected chi connectivity index (χ1v) is 5.67. The van der Waals surface area contributed by atoms with Crippen molar-refractivity contribution in [3.8, 4) is 5.88 Å². The maximum absolute atomic E-state index is 5.88. The standard InChI is InChI=1S/C11H17ClN2O2/c1-8(2)11-13-9(12)7-10(14-11)16-6-4-5-15-3/h7-8H,4-6H2,1-3H3. The number of hydrogen-bond acceptors (Lipinski definition) is 4. The van der Waals surface area contributed by atoms with E-state index in [9.17, 15) is 0 Å². The number of aromatic nitrogens is 2. The minimum atomic E-state index is 0.236. The fourth-order valence-electron chi connectivity index (χ4n) is 1.13.